The van der Waals surface area contributed by atoms with Crippen LogP contribution >= 0.6 is 7.14 Å². The van der Waals surface area contributed by atoms with Gasteiger partial charge < -0.3 is 9.46 Å². The van der Waals surface area contributed by atoms with Gasteiger partial charge in [-0.2, -0.15) is 0 Å². The summed E-state index contributed by atoms with van der Waals surface area (Å²) in [7, 11) is -0.962. The molecule has 0 spiro atoms. The number of hydroxylamine groups is 2. The molecule has 0 aromatic rings. The molecule has 1 fully saturated rings. The van der Waals surface area contributed by atoms with Crippen molar-refractivity contribution in [2.75, 3.05) is 39.6 Å². The van der Waals surface area contributed by atoms with Crippen LogP contribution in [0.1, 0.15) is 72.6 Å². The Morgan fingerprint density at radius 3 is 1.89 bits per heavy atom. The molecule has 0 bridgehead atoms. The molecular formula is C20H43N2O4P. The van der Waals surface area contributed by atoms with Crippen LogP contribution in [0.25, 0.3) is 0 Å². The van der Waals surface area contributed by atoms with E-state index in [0.29, 0.717) is 12.5 Å². The molecule has 0 heterocycles. The zero-order chi connectivity index (χ0) is 21.5. The molecule has 0 unspecified atom stereocenters. The average molecular weight is 407 g/mol. The summed E-state index contributed by atoms with van der Waals surface area (Å²) >= 11 is 0. The van der Waals surface area contributed by atoms with E-state index in [4.69, 9.17) is 0 Å². The Hall–Kier alpha value is -0.870. The van der Waals surface area contributed by atoms with Gasteiger partial charge in [-0.05, 0) is 25.7 Å². The van der Waals surface area contributed by atoms with Crippen molar-refractivity contribution in [1.82, 2.24) is 9.96 Å². The Morgan fingerprint density at radius 2 is 1.44 bits per heavy atom. The highest BCUT2D eigenvalue weighted by atomic mass is 31.2. The van der Waals surface area contributed by atoms with Gasteiger partial charge in [0.1, 0.15) is 6.54 Å². The van der Waals surface area contributed by atoms with Crippen molar-refractivity contribution in [3.8, 4) is 0 Å². The zero-order valence-electron chi connectivity index (χ0n) is 18.7. The first kappa shape index (κ1) is 28.3. The van der Waals surface area contributed by atoms with Crippen LogP contribution in [0.2, 0.25) is 0 Å². The summed E-state index contributed by atoms with van der Waals surface area (Å²) in [5, 5.41) is 10.6. The fraction of sp³-hybridized carbons (Fsp3) is 0.900. The molecule has 6 nitrogen and oxygen atoms in total. The van der Waals surface area contributed by atoms with E-state index in [1.165, 1.54) is 50.5 Å². The van der Waals surface area contributed by atoms with E-state index in [1.807, 2.05) is 27.7 Å². The first-order valence-electron chi connectivity index (χ1n) is 10.5. The van der Waals surface area contributed by atoms with Crippen LogP contribution in [-0.4, -0.2) is 66.6 Å². The van der Waals surface area contributed by atoms with Crippen molar-refractivity contribution >= 4 is 19.0 Å². The van der Waals surface area contributed by atoms with Gasteiger partial charge in [0.25, 0.3) is 5.91 Å². The number of rotatable bonds is 7. The van der Waals surface area contributed by atoms with E-state index < -0.39 is 13.0 Å². The van der Waals surface area contributed by atoms with Gasteiger partial charge in [0, 0.05) is 13.6 Å². The second-order valence-corrected chi connectivity index (χ2v) is 10.6. The van der Waals surface area contributed by atoms with E-state index in [1.54, 1.807) is 13.3 Å². The molecule has 0 aromatic carbocycles. The van der Waals surface area contributed by atoms with Crippen LogP contribution < -0.4 is 0 Å². The molecule has 1 aliphatic carbocycles. The molecule has 0 aliphatic heterocycles. The molecule has 7 heteroatoms. The summed E-state index contributed by atoms with van der Waals surface area (Å²) in [6, 6.07) is 0. The van der Waals surface area contributed by atoms with Gasteiger partial charge in [-0.25, -0.2) is 5.06 Å². The second kappa shape index (κ2) is 16.1. The Kier molecular flexibility index (Phi) is 16.9. The highest BCUT2D eigenvalue weighted by Crippen LogP contribution is 2.35. The van der Waals surface area contributed by atoms with Crippen molar-refractivity contribution in [2.24, 2.45) is 5.92 Å². The van der Waals surface area contributed by atoms with Crippen molar-refractivity contribution < 1.29 is 19.4 Å². The van der Waals surface area contributed by atoms with Crippen LogP contribution in [0.4, 0.5) is 0 Å². The maximum atomic E-state index is 12.0. The molecule has 0 aromatic heterocycles. The van der Waals surface area contributed by atoms with Gasteiger partial charge in [-0.1, -0.05) is 66.2 Å². The molecule has 1 rings (SSSR count). The average Bonchev–Trinajstić information content (AvgIpc) is 2.90. The minimum Gasteiger partial charge on any atom is -0.336 e. The van der Waals surface area contributed by atoms with Gasteiger partial charge in [-0.3, -0.25) is 14.8 Å². The molecular weight excluding hydrogens is 363 g/mol. The third-order valence-corrected chi connectivity index (χ3v) is 5.36. The summed E-state index contributed by atoms with van der Waals surface area (Å²) in [6.45, 7) is 11.2. The Labute approximate surface area is 167 Å². The van der Waals surface area contributed by atoms with Crippen LogP contribution in [0.3, 0.4) is 0 Å². The minimum absolute atomic E-state index is 0.0513. The van der Waals surface area contributed by atoms with E-state index >= 15 is 0 Å². The number of hydrogen-bond acceptors (Lipinski definition) is 4. The van der Waals surface area contributed by atoms with E-state index in [-0.39, 0.29) is 18.6 Å². The van der Waals surface area contributed by atoms with Crippen molar-refractivity contribution in [1.29, 1.82) is 0 Å². The van der Waals surface area contributed by atoms with Gasteiger partial charge in [0.2, 0.25) is 5.91 Å². The molecule has 1 aliphatic rings. The number of likely N-dealkylation sites (N-methyl/N-ethyl adjacent to an activating group) is 1. The normalized spacial score (nSPS) is 14.7. The lowest BCUT2D eigenvalue weighted by Crippen LogP contribution is -2.41. The molecule has 0 saturated heterocycles. The van der Waals surface area contributed by atoms with Crippen molar-refractivity contribution in [3.63, 3.8) is 0 Å². The number of carbonyl (C=O) groups excluding carboxylic acids is 2. The molecule has 1 saturated carbocycles. The third kappa shape index (κ3) is 14.8. The number of hydrogen-bond donors (Lipinski definition) is 1. The lowest BCUT2D eigenvalue weighted by molar-refractivity contribution is -0.168. The van der Waals surface area contributed by atoms with E-state index in [2.05, 4.69) is 0 Å². The number of amides is 2. The van der Waals surface area contributed by atoms with Crippen LogP contribution in [0.5, 0.6) is 0 Å². The van der Waals surface area contributed by atoms with Crippen molar-refractivity contribution in [3.05, 3.63) is 0 Å². The molecule has 162 valence electrons. The number of nitrogens with zero attached hydrogens (tertiary/aromatic N) is 2. The highest BCUT2D eigenvalue weighted by molar-refractivity contribution is 7.63. The first-order chi connectivity index (χ1) is 12.7. The summed E-state index contributed by atoms with van der Waals surface area (Å²) < 4.78 is 11.7. The van der Waals surface area contributed by atoms with Gasteiger partial charge >= 0.3 is 0 Å². The molecule has 0 radical (unpaired) electrons. The van der Waals surface area contributed by atoms with Gasteiger partial charge in [0.05, 0.1) is 13.3 Å². The third-order valence-electron chi connectivity index (χ3n) is 4.33. The van der Waals surface area contributed by atoms with E-state index in [9.17, 15) is 19.4 Å². The second-order valence-electron chi connectivity index (χ2n) is 7.14. The lowest BCUT2D eigenvalue weighted by Gasteiger charge is -2.23. The standard InChI is InChI=1S/C16H31N2O4P.2C2H6/c1-17(16(20)13-23(2,3)22)12-15(19)18(21)11-10-14-8-6-4-5-7-9-14;2*1-2/h14,21H,4-13H2,1-3H3;2*1-2H3. The largest absolute Gasteiger partial charge is 0.336 e. The topological polar surface area (TPSA) is 77.9 Å². The van der Waals surface area contributed by atoms with E-state index in [0.717, 1.165) is 11.5 Å². The van der Waals surface area contributed by atoms with Crippen molar-refractivity contribution in [2.45, 2.75) is 72.6 Å². The van der Waals surface area contributed by atoms with Gasteiger partial charge in [-0.15, -0.1) is 0 Å². The Morgan fingerprint density at radius 1 is 0.963 bits per heavy atom. The zero-order valence-corrected chi connectivity index (χ0v) is 19.6. The fourth-order valence-electron chi connectivity index (χ4n) is 2.90. The van der Waals surface area contributed by atoms with Gasteiger partial charge in [0.15, 0.2) is 0 Å². The van der Waals surface area contributed by atoms with Crippen LogP contribution in [0.15, 0.2) is 0 Å². The molecule has 1 N–H and O–H groups in total. The monoisotopic (exact) mass is 406 g/mol. The fourth-order valence-corrected chi connectivity index (χ4v) is 3.79. The summed E-state index contributed by atoms with van der Waals surface area (Å²) in [6.07, 6.45) is 8.12. The Balaban J connectivity index is 0. The predicted octanol–water partition coefficient (Wildman–Crippen LogP) is 4.70. The smallest absolute Gasteiger partial charge is 0.265 e. The maximum Gasteiger partial charge on any atom is 0.265 e. The predicted molar refractivity (Wildman–Crippen MR) is 114 cm³/mol. The minimum atomic E-state index is -2.46. The Bertz CT molecular complexity index is 443. The van der Waals surface area contributed by atoms with Crippen LogP contribution in [0, 0.1) is 5.92 Å². The highest BCUT2D eigenvalue weighted by Gasteiger charge is 2.22. The first-order valence-corrected chi connectivity index (χ1v) is 13.2. The number of carbonyl (C=O) groups is 2. The molecule has 0 atom stereocenters. The quantitative estimate of drug-likeness (QED) is 0.288. The summed E-state index contributed by atoms with van der Waals surface area (Å²) in [5.41, 5.74) is 0. The summed E-state index contributed by atoms with van der Waals surface area (Å²) in [5.74, 6) is -0.245. The maximum absolute atomic E-state index is 12.0. The lowest BCUT2D eigenvalue weighted by atomic mass is 9.97. The SMILES string of the molecule is CC.CC.CN(CC(=O)N(O)CCC1CCCCCC1)C(=O)CP(C)(C)=O. The summed E-state index contributed by atoms with van der Waals surface area (Å²) in [4.78, 5) is 25.1. The molecule has 2 amide bonds. The van der Waals surface area contributed by atoms with Crippen LogP contribution in [-0.2, 0) is 14.2 Å². The molecule has 27 heavy (non-hydrogen) atoms.